The lowest BCUT2D eigenvalue weighted by molar-refractivity contribution is 0.0825. The Hall–Kier alpha value is 0.0700. The fourth-order valence-electron chi connectivity index (χ4n) is 0.484. The zero-order valence-corrected chi connectivity index (χ0v) is 6.77. The Bertz CT molecular complexity index is 106. The number of allylic oxidation sites excluding steroid dienone is 1. The van der Waals surface area contributed by atoms with Crippen molar-refractivity contribution < 1.29 is 9.47 Å². The van der Waals surface area contributed by atoms with Crippen LogP contribution in [0, 0.1) is 0 Å². The van der Waals surface area contributed by atoms with Gasteiger partial charge < -0.3 is 9.47 Å². The van der Waals surface area contributed by atoms with Crippen molar-refractivity contribution in [2.75, 3.05) is 13.2 Å². The highest BCUT2D eigenvalue weighted by molar-refractivity contribution is 14.1. The van der Waals surface area contributed by atoms with Crippen LogP contribution in [0.3, 0.4) is 0 Å². The van der Waals surface area contributed by atoms with Gasteiger partial charge >= 0.3 is 0 Å². The van der Waals surface area contributed by atoms with Crippen molar-refractivity contribution in [1.82, 2.24) is 0 Å². The summed E-state index contributed by atoms with van der Waals surface area (Å²) in [5.41, 5.74) is 0. The van der Waals surface area contributed by atoms with Crippen LogP contribution in [0.15, 0.2) is 9.53 Å². The summed E-state index contributed by atoms with van der Waals surface area (Å²) in [6.45, 7) is 3.29. The highest BCUT2D eigenvalue weighted by Crippen LogP contribution is 2.18. The zero-order chi connectivity index (χ0) is 5.98. The first-order valence-corrected chi connectivity index (χ1v) is 3.50. The maximum absolute atomic E-state index is 5.14. The van der Waals surface area contributed by atoms with Gasteiger partial charge in [-0.05, 0) is 6.92 Å². The molecule has 0 atom stereocenters. The average molecular weight is 226 g/mol. The molecule has 0 amide bonds. The van der Waals surface area contributed by atoms with Gasteiger partial charge in [0.15, 0.2) is 3.77 Å². The third-order valence-electron chi connectivity index (χ3n) is 0.907. The summed E-state index contributed by atoms with van der Waals surface area (Å²) in [6, 6.07) is 0. The van der Waals surface area contributed by atoms with Crippen LogP contribution in [0.25, 0.3) is 0 Å². The Labute approximate surface area is 62.0 Å². The molecule has 0 aliphatic carbocycles. The first kappa shape index (κ1) is 6.19. The lowest BCUT2D eigenvalue weighted by atomic mass is 10.6. The molecule has 8 heavy (non-hydrogen) atoms. The largest absolute Gasteiger partial charge is 0.490 e. The highest BCUT2D eigenvalue weighted by atomic mass is 127. The predicted molar refractivity (Wildman–Crippen MR) is 38.6 cm³/mol. The van der Waals surface area contributed by atoms with Gasteiger partial charge in [-0.3, -0.25) is 0 Å². The minimum atomic E-state index is 0.690. The zero-order valence-electron chi connectivity index (χ0n) is 4.61. The van der Waals surface area contributed by atoms with Gasteiger partial charge in [0, 0.05) is 22.6 Å². The Balaban J connectivity index is 2.60. The third kappa shape index (κ3) is 1.27. The second kappa shape index (κ2) is 2.57. The molecule has 0 aromatic rings. The molecule has 0 aromatic heterocycles. The first-order chi connectivity index (χ1) is 3.80. The number of rotatable bonds is 0. The first-order valence-electron chi connectivity index (χ1n) is 2.42. The predicted octanol–water partition coefficient (Wildman–Crippen LogP) is 1.66. The van der Waals surface area contributed by atoms with Crippen LogP contribution in [0.1, 0.15) is 6.92 Å². The second-order valence-corrected chi connectivity index (χ2v) is 2.51. The van der Waals surface area contributed by atoms with E-state index in [9.17, 15) is 0 Å². The van der Waals surface area contributed by atoms with Crippen molar-refractivity contribution in [2.45, 2.75) is 6.92 Å². The van der Waals surface area contributed by atoms with E-state index in [1.807, 2.05) is 6.92 Å². The van der Waals surface area contributed by atoms with Crippen LogP contribution < -0.4 is 0 Å². The topological polar surface area (TPSA) is 18.5 Å². The SMILES string of the molecule is CC1=C(I)OCCO1. The van der Waals surface area contributed by atoms with E-state index < -0.39 is 0 Å². The van der Waals surface area contributed by atoms with Crippen LogP contribution in [0.4, 0.5) is 0 Å². The van der Waals surface area contributed by atoms with Crippen LogP contribution in [-0.2, 0) is 9.47 Å². The maximum atomic E-state index is 5.14. The summed E-state index contributed by atoms with van der Waals surface area (Å²) < 4.78 is 11.2. The Morgan fingerprint density at radius 2 is 2.00 bits per heavy atom. The van der Waals surface area contributed by atoms with Crippen molar-refractivity contribution in [3.8, 4) is 0 Å². The van der Waals surface area contributed by atoms with Gasteiger partial charge in [0.1, 0.15) is 19.0 Å². The maximum Gasteiger partial charge on any atom is 0.194 e. The van der Waals surface area contributed by atoms with Gasteiger partial charge in [-0.25, -0.2) is 0 Å². The Kier molecular flexibility index (Phi) is 1.99. The molecule has 0 N–H and O–H groups in total. The van der Waals surface area contributed by atoms with Gasteiger partial charge in [-0.15, -0.1) is 0 Å². The van der Waals surface area contributed by atoms with Gasteiger partial charge in [0.25, 0.3) is 0 Å². The number of hydrogen-bond donors (Lipinski definition) is 0. The molecule has 1 aliphatic rings. The van der Waals surface area contributed by atoms with E-state index in [0.29, 0.717) is 13.2 Å². The van der Waals surface area contributed by atoms with Crippen LogP contribution in [0.2, 0.25) is 0 Å². The molecule has 0 fully saturated rings. The third-order valence-corrected chi connectivity index (χ3v) is 1.98. The van der Waals surface area contributed by atoms with Gasteiger partial charge in [-0.2, -0.15) is 0 Å². The van der Waals surface area contributed by atoms with E-state index in [0.717, 1.165) is 9.53 Å². The summed E-state index contributed by atoms with van der Waals surface area (Å²) in [6.07, 6.45) is 0. The molecule has 3 heteroatoms. The molecule has 0 bridgehead atoms. The van der Waals surface area contributed by atoms with E-state index in [1.165, 1.54) is 0 Å². The van der Waals surface area contributed by atoms with E-state index in [4.69, 9.17) is 9.47 Å². The molecule has 1 heterocycles. The second-order valence-electron chi connectivity index (χ2n) is 1.53. The molecule has 1 rings (SSSR count). The standard InChI is InChI=1S/C5H7IO2/c1-4-5(6)8-3-2-7-4/h2-3H2,1H3. The number of hydrogen-bond acceptors (Lipinski definition) is 2. The quantitative estimate of drug-likeness (QED) is 0.584. The Morgan fingerprint density at radius 3 is 2.38 bits per heavy atom. The van der Waals surface area contributed by atoms with E-state index in [2.05, 4.69) is 22.6 Å². The molecule has 1 aliphatic heterocycles. The molecular weight excluding hydrogens is 219 g/mol. The van der Waals surface area contributed by atoms with Crippen molar-refractivity contribution in [3.05, 3.63) is 9.53 Å². The van der Waals surface area contributed by atoms with Crippen LogP contribution >= 0.6 is 22.6 Å². The minimum absolute atomic E-state index is 0.690. The van der Waals surface area contributed by atoms with E-state index in [1.54, 1.807) is 0 Å². The molecule has 0 radical (unpaired) electrons. The van der Waals surface area contributed by atoms with Crippen molar-refractivity contribution >= 4 is 22.6 Å². The van der Waals surface area contributed by atoms with E-state index >= 15 is 0 Å². The molecular formula is C5H7IO2. The fraction of sp³-hybridized carbons (Fsp3) is 0.600. The average Bonchev–Trinajstić information content (AvgIpc) is 1.77. The van der Waals surface area contributed by atoms with Gasteiger partial charge in [0.2, 0.25) is 0 Å². The molecule has 0 aromatic carbocycles. The van der Waals surface area contributed by atoms with Gasteiger partial charge in [0.05, 0.1) is 0 Å². The summed E-state index contributed by atoms with van der Waals surface area (Å²) in [5.74, 6) is 0.900. The van der Waals surface area contributed by atoms with Crippen LogP contribution in [-0.4, -0.2) is 13.2 Å². The van der Waals surface area contributed by atoms with Crippen LogP contribution in [0.5, 0.6) is 0 Å². The molecule has 0 saturated heterocycles. The summed E-state index contributed by atoms with van der Waals surface area (Å²) in [7, 11) is 0. The summed E-state index contributed by atoms with van der Waals surface area (Å²) in [5, 5.41) is 0. The van der Waals surface area contributed by atoms with Gasteiger partial charge in [-0.1, -0.05) is 0 Å². The molecule has 0 unspecified atom stereocenters. The molecule has 0 spiro atoms. The lowest BCUT2D eigenvalue weighted by Gasteiger charge is -2.15. The molecule has 46 valence electrons. The number of ether oxygens (including phenoxy) is 2. The van der Waals surface area contributed by atoms with Crippen molar-refractivity contribution in [2.24, 2.45) is 0 Å². The lowest BCUT2D eigenvalue weighted by Crippen LogP contribution is -2.08. The fourth-order valence-corrected chi connectivity index (χ4v) is 0.860. The minimum Gasteiger partial charge on any atom is -0.490 e. The summed E-state index contributed by atoms with van der Waals surface area (Å²) in [4.78, 5) is 0. The van der Waals surface area contributed by atoms with Crippen molar-refractivity contribution in [1.29, 1.82) is 0 Å². The molecule has 2 nitrogen and oxygen atoms in total. The highest BCUT2D eigenvalue weighted by Gasteiger charge is 2.05. The number of halogens is 1. The normalized spacial score (nSPS) is 19.8. The Morgan fingerprint density at radius 1 is 1.38 bits per heavy atom. The monoisotopic (exact) mass is 226 g/mol. The summed E-state index contributed by atoms with van der Waals surface area (Å²) >= 11 is 2.12. The smallest absolute Gasteiger partial charge is 0.194 e. The van der Waals surface area contributed by atoms with E-state index in [-0.39, 0.29) is 0 Å². The van der Waals surface area contributed by atoms with Crippen molar-refractivity contribution in [3.63, 3.8) is 0 Å². The molecule has 0 saturated carbocycles.